The smallest absolute Gasteiger partial charge is 0.192 e. The van der Waals surface area contributed by atoms with Gasteiger partial charge in [0.15, 0.2) is 16.8 Å². The van der Waals surface area contributed by atoms with E-state index in [0.717, 1.165) is 23.0 Å². The summed E-state index contributed by atoms with van der Waals surface area (Å²) in [5.74, 6) is 0.742. The molecule has 7 heteroatoms. The van der Waals surface area contributed by atoms with Crippen molar-refractivity contribution in [3.8, 4) is 0 Å². The van der Waals surface area contributed by atoms with Gasteiger partial charge in [0, 0.05) is 12.0 Å². The van der Waals surface area contributed by atoms with Gasteiger partial charge in [0.25, 0.3) is 0 Å². The Morgan fingerprint density at radius 3 is 2.41 bits per heavy atom. The molecule has 0 bridgehead atoms. The van der Waals surface area contributed by atoms with E-state index in [4.69, 9.17) is 0 Å². The predicted octanol–water partition coefficient (Wildman–Crippen LogP) is 3.04. The maximum Gasteiger partial charge on any atom is 0.192 e. The Morgan fingerprint density at radius 2 is 1.79 bits per heavy atom. The molecule has 1 aromatic heterocycles. The number of carbonyl (C=O) groups excluding carboxylic acids is 1. The molecule has 152 valence electrons. The van der Waals surface area contributed by atoms with Crippen molar-refractivity contribution in [2.75, 3.05) is 19.8 Å². The minimum absolute atomic E-state index is 0.0592. The van der Waals surface area contributed by atoms with Crippen molar-refractivity contribution < 1.29 is 14.1 Å². The summed E-state index contributed by atoms with van der Waals surface area (Å²) in [7, 11) is 4.22. The maximum atomic E-state index is 13.1. The second-order valence-corrected chi connectivity index (χ2v) is 8.11. The molecular weight excluding hydrogens is 387 g/mol. The van der Waals surface area contributed by atoms with Crippen LogP contribution in [0.15, 0.2) is 59.8 Å². The van der Waals surface area contributed by atoms with E-state index in [1.807, 2.05) is 18.2 Å². The highest BCUT2D eigenvalue weighted by atomic mass is 32.2. The minimum Gasteiger partial charge on any atom is -0.331 e. The Balaban J connectivity index is 1.84. The van der Waals surface area contributed by atoms with Crippen LogP contribution in [0.2, 0.25) is 0 Å². The van der Waals surface area contributed by atoms with Crippen molar-refractivity contribution in [3.63, 3.8) is 0 Å². The third-order valence-corrected chi connectivity index (χ3v) is 5.81. The molecular formula is C22H26FN4OS+. The number of halogens is 1. The second kappa shape index (κ2) is 9.80. The second-order valence-electron chi connectivity index (χ2n) is 7.17. The fourth-order valence-corrected chi connectivity index (χ4v) is 4.12. The number of Topliss-reactive ketones (excluding diaryl/α,β-unsaturated/α-hetero) is 1. The van der Waals surface area contributed by atoms with Crippen molar-refractivity contribution in [2.45, 2.75) is 31.1 Å². The third kappa shape index (κ3) is 5.31. The van der Waals surface area contributed by atoms with E-state index in [0.29, 0.717) is 12.1 Å². The molecule has 0 aliphatic rings. The molecule has 0 aliphatic heterocycles. The highest BCUT2D eigenvalue weighted by molar-refractivity contribution is 7.99. The summed E-state index contributed by atoms with van der Waals surface area (Å²) < 4.78 is 15.2. The first-order valence-electron chi connectivity index (χ1n) is 9.68. The van der Waals surface area contributed by atoms with Gasteiger partial charge in [-0.15, -0.1) is 10.2 Å². The van der Waals surface area contributed by atoms with Crippen LogP contribution in [0.25, 0.3) is 0 Å². The number of aromatic nitrogens is 3. The SMILES string of the molecule is CC[C@@H](c1nnc(SCC(=O)c2ccc(F)cc2)n1Cc1ccccc1)[NH+](C)C. The monoisotopic (exact) mass is 413 g/mol. The number of nitrogens with one attached hydrogen (secondary N) is 1. The number of nitrogens with zero attached hydrogens (tertiary/aromatic N) is 3. The quantitative estimate of drug-likeness (QED) is 0.433. The van der Waals surface area contributed by atoms with E-state index in [2.05, 4.69) is 47.9 Å². The van der Waals surface area contributed by atoms with Crippen LogP contribution >= 0.6 is 11.8 Å². The van der Waals surface area contributed by atoms with E-state index >= 15 is 0 Å². The van der Waals surface area contributed by atoms with Gasteiger partial charge in [0.05, 0.1) is 26.4 Å². The zero-order chi connectivity index (χ0) is 20.8. The lowest BCUT2D eigenvalue weighted by Gasteiger charge is -2.20. The molecule has 29 heavy (non-hydrogen) atoms. The normalized spacial score (nSPS) is 12.3. The highest BCUT2D eigenvalue weighted by Gasteiger charge is 2.25. The van der Waals surface area contributed by atoms with Crippen LogP contribution in [0.4, 0.5) is 4.39 Å². The van der Waals surface area contributed by atoms with Crippen molar-refractivity contribution in [3.05, 3.63) is 77.4 Å². The average molecular weight is 414 g/mol. The Hall–Kier alpha value is -2.51. The summed E-state index contributed by atoms with van der Waals surface area (Å²) in [6.45, 7) is 2.80. The van der Waals surface area contributed by atoms with Crippen LogP contribution < -0.4 is 4.90 Å². The number of carbonyl (C=O) groups is 1. The van der Waals surface area contributed by atoms with Crippen LogP contribution in [0.1, 0.15) is 41.1 Å². The van der Waals surface area contributed by atoms with Gasteiger partial charge in [-0.05, 0) is 29.8 Å². The van der Waals surface area contributed by atoms with Crippen molar-refractivity contribution in [1.29, 1.82) is 0 Å². The standard InChI is InChI=1S/C22H25FN4OS/c1-4-19(26(2)3)21-24-25-22(27(21)14-16-8-6-5-7-9-16)29-15-20(28)17-10-12-18(23)13-11-17/h5-13,19H,4,14-15H2,1-3H3/p+1/t19-/m0/s1. The lowest BCUT2D eigenvalue weighted by Crippen LogP contribution is -3.06. The van der Waals surface area contributed by atoms with Crippen LogP contribution in [0.5, 0.6) is 0 Å². The number of rotatable bonds is 9. The molecule has 0 spiro atoms. The van der Waals surface area contributed by atoms with E-state index in [1.165, 1.54) is 40.9 Å². The molecule has 3 rings (SSSR count). The first-order valence-corrected chi connectivity index (χ1v) is 10.7. The Bertz CT molecular complexity index is 941. The number of thioether (sulfide) groups is 1. The first kappa shape index (κ1) is 21.2. The highest BCUT2D eigenvalue weighted by Crippen LogP contribution is 2.23. The Morgan fingerprint density at radius 1 is 1.10 bits per heavy atom. The van der Waals surface area contributed by atoms with Crippen LogP contribution in [0, 0.1) is 5.82 Å². The molecule has 0 fully saturated rings. The zero-order valence-corrected chi connectivity index (χ0v) is 17.7. The molecule has 5 nitrogen and oxygen atoms in total. The van der Waals surface area contributed by atoms with Gasteiger partial charge in [-0.2, -0.15) is 0 Å². The van der Waals surface area contributed by atoms with Crippen molar-refractivity contribution >= 4 is 17.5 Å². The molecule has 0 unspecified atom stereocenters. The van der Waals surface area contributed by atoms with E-state index in [-0.39, 0.29) is 23.4 Å². The number of hydrogen-bond donors (Lipinski definition) is 1. The molecule has 3 aromatic rings. The molecule has 1 N–H and O–H groups in total. The lowest BCUT2D eigenvalue weighted by atomic mass is 10.1. The summed E-state index contributed by atoms with van der Waals surface area (Å²) in [4.78, 5) is 13.8. The minimum atomic E-state index is -0.349. The van der Waals surface area contributed by atoms with Gasteiger partial charge in [-0.25, -0.2) is 4.39 Å². The lowest BCUT2D eigenvalue weighted by molar-refractivity contribution is -0.893. The van der Waals surface area contributed by atoms with Crippen LogP contribution in [-0.4, -0.2) is 40.4 Å². The zero-order valence-electron chi connectivity index (χ0n) is 16.9. The molecule has 0 saturated heterocycles. The number of hydrogen-bond acceptors (Lipinski definition) is 4. The molecule has 0 radical (unpaired) electrons. The van der Waals surface area contributed by atoms with E-state index in [1.54, 1.807) is 0 Å². The van der Waals surface area contributed by atoms with Gasteiger partial charge in [-0.3, -0.25) is 9.36 Å². The summed E-state index contributed by atoms with van der Waals surface area (Å²) in [6.07, 6.45) is 0.939. The molecule has 0 aliphatic carbocycles. The predicted molar refractivity (Wildman–Crippen MR) is 113 cm³/mol. The fourth-order valence-electron chi connectivity index (χ4n) is 3.28. The molecule has 1 atom stereocenters. The van der Waals surface area contributed by atoms with E-state index < -0.39 is 0 Å². The summed E-state index contributed by atoms with van der Waals surface area (Å²) in [5.41, 5.74) is 1.65. The number of quaternary nitrogens is 1. The van der Waals surface area contributed by atoms with Crippen LogP contribution in [-0.2, 0) is 6.54 Å². The molecule has 0 saturated carbocycles. The van der Waals surface area contributed by atoms with E-state index in [9.17, 15) is 9.18 Å². The van der Waals surface area contributed by atoms with Crippen molar-refractivity contribution in [2.24, 2.45) is 0 Å². The van der Waals surface area contributed by atoms with Gasteiger partial charge in [0.2, 0.25) is 0 Å². The van der Waals surface area contributed by atoms with Gasteiger partial charge >= 0.3 is 0 Å². The van der Waals surface area contributed by atoms with Crippen LogP contribution in [0.3, 0.4) is 0 Å². The fraction of sp³-hybridized carbons (Fsp3) is 0.318. The topological polar surface area (TPSA) is 52.2 Å². The van der Waals surface area contributed by atoms with Gasteiger partial charge < -0.3 is 4.90 Å². The number of ketones is 1. The maximum absolute atomic E-state index is 13.1. The average Bonchev–Trinajstić information content (AvgIpc) is 3.10. The first-order chi connectivity index (χ1) is 14.0. The largest absolute Gasteiger partial charge is 0.331 e. The Labute approximate surface area is 175 Å². The van der Waals surface area contributed by atoms with Gasteiger partial charge in [-0.1, -0.05) is 49.0 Å². The molecule has 1 heterocycles. The molecule has 2 aromatic carbocycles. The third-order valence-electron chi connectivity index (χ3n) is 4.84. The molecule has 0 amide bonds. The Kier molecular flexibility index (Phi) is 7.17. The summed E-state index contributed by atoms with van der Waals surface area (Å²) >= 11 is 1.37. The van der Waals surface area contributed by atoms with Gasteiger partial charge in [0.1, 0.15) is 11.9 Å². The summed E-state index contributed by atoms with van der Waals surface area (Å²) in [6, 6.07) is 16.0. The summed E-state index contributed by atoms with van der Waals surface area (Å²) in [5, 5.41) is 9.59. The van der Waals surface area contributed by atoms with Crippen molar-refractivity contribution in [1.82, 2.24) is 14.8 Å². The number of benzene rings is 2.